The molecule has 2 atom stereocenters. The molecule has 104 valence electrons. The Bertz CT molecular complexity index is 460. The van der Waals surface area contributed by atoms with Crippen LogP contribution in [0.1, 0.15) is 50.2 Å². The standard InChI is InChI=1S/C17H24O2/c1-13-5-3-6-14(11-13)16(2,18)15-7-10-19-17(12-15)8-4-9-17/h3,5-6,11,15,18H,4,7-10,12H2,1-2H3. The van der Waals surface area contributed by atoms with Crippen LogP contribution in [0.2, 0.25) is 0 Å². The molecule has 2 nitrogen and oxygen atoms in total. The molecular formula is C17H24O2. The van der Waals surface area contributed by atoms with Gasteiger partial charge >= 0.3 is 0 Å². The van der Waals surface area contributed by atoms with Gasteiger partial charge in [-0.3, -0.25) is 0 Å². The van der Waals surface area contributed by atoms with E-state index in [0.717, 1.165) is 25.0 Å². The Balaban J connectivity index is 1.83. The molecule has 1 aromatic rings. The van der Waals surface area contributed by atoms with Crippen molar-refractivity contribution < 1.29 is 9.84 Å². The highest BCUT2D eigenvalue weighted by Gasteiger charge is 2.47. The first-order valence-electron chi connectivity index (χ1n) is 7.45. The van der Waals surface area contributed by atoms with E-state index in [0.29, 0.717) is 5.92 Å². The number of hydrogen-bond donors (Lipinski definition) is 1. The zero-order valence-electron chi connectivity index (χ0n) is 12.0. The number of aliphatic hydroxyl groups is 1. The Labute approximate surface area is 115 Å². The third kappa shape index (κ3) is 2.32. The van der Waals surface area contributed by atoms with E-state index < -0.39 is 5.60 Å². The third-order valence-electron chi connectivity index (χ3n) is 5.16. The van der Waals surface area contributed by atoms with Crippen molar-refractivity contribution in [2.75, 3.05) is 6.61 Å². The molecule has 1 spiro atoms. The average molecular weight is 260 g/mol. The van der Waals surface area contributed by atoms with Crippen LogP contribution in [0.15, 0.2) is 24.3 Å². The zero-order chi connectivity index (χ0) is 13.5. The lowest BCUT2D eigenvalue weighted by Gasteiger charge is -2.50. The summed E-state index contributed by atoms with van der Waals surface area (Å²) in [5, 5.41) is 11.0. The van der Waals surface area contributed by atoms with Crippen molar-refractivity contribution in [3.8, 4) is 0 Å². The highest BCUT2D eigenvalue weighted by Crippen LogP contribution is 2.48. The summed E-state index contributed by atoms with van der Waals surface area (Å²) in [6.45, 7) is 4.85. The van der Waals surface area contributed by atoms with Crippen LogP contribution < -0.4 is 0 Å². The van der Waals surface area contributed by atoms with Gasteiger partial charge in [0.25, 0.3) is 0 Å². The summed E-state index contributed by atoms with van der Waals surface area (Å²) in [7, 11) is 0. The van der Waals surface area contributed by atoms with Gasteiger partial charge < -0.3 is 9.84 Å². The molecule has 0 radical (unpaired) electrons. The van der Waals surface area contributed by atoms with Crippen LogP contribution in [0, 0.1) is 12.8 Å². The van der Waals surface area contributed by atoms with E-state index in [9.17, 15) is 5.11 Å². The van der Waals surface area contributed by atoms with Gasteiger partial charge in [-0.1, -0.05) is 29.8 Å². The van der Waals surface area contributed by atoms with Gasteiger partial charge in [0, 0.05) is 6.61 Å². The molecule has 1 aliphatic carbocycles. The van der Waals surface area contributed by atoms with Crippen LogP contribution in [-0.4, -0.2) is 17.3 Å². The summed E-state index contributed by atoms with van der Waals surface area (Å²) in [5.74, 6) is 0.309. The Morgan fingerprint density at radius 3 is 2.79 bits per heavy atom. The van der Waals surface area contributed by atoms with Gasteiger partial charge in [-0.05, 0) is 57.4 Å². The van der Waals surface area contributed by atoms with Crippen LogP contribution in [0.25, 0.3) is 0 Å². The van der Waals surface area contributed by atoms with Gasteiger partial charge in [0.2, 0.25) is 0 Å². The van der Waals surface area contributed by atoms with E-state index >= 15 is 0 Å². The summed E-state index contributed by atoms with van der Waals surface area (Å²) in [6, 6.07) is 8.29. The highest BCUT2D eigenvalue weighted by molar-refractivity contribution is 5.28. The van der Waals surface area contributed by atoms with Crippen LogP contribution in [-0.2, 0) is 10.3 Å². The lowest BCUT2D eigenvalue weighted by atomic mass is 9.67. The summed E-state index contributed by atoms with van der Waals surface area (Å²) in [5.41, 5.74) is 1.62. The summed E-state index contributed by atoms with van der Waals surface area (Å²) in [4.78, 5) is 0. The molecule has 1 saturated heterocycles. The van der Waals surface area contributed by atoms with Crippen LogP contribution >= 0.6 is 0 Å². The SMILES string of the molecule is Cc1cccc(C(C)(O)C2CCOC3(CCC3)C2)c1. The zero-order valence-corrected chi connectivity index (χ0v) is 12.0. The largest absolute Gasteiger partial charge is 0.385 e. The van der Waals surface area contributed by atoms with Gasteiger partial charge in [0.1, 0.15) is 0 Å². The van der Waals surface area contributed by atoms with E-state index in [1.165, 1.54) is 24.8 Å². The van der Waals surface area contributed by atoms with Gasteiger partial charge in [-0.15, -0.1) is 0 Å². The minimum absolute atomic E-state index is 0.0940. The Morgan fingerprint density at radius 1 is 1.37 bits per heavy atom. The van der Waals surface area contributed by atoms with E-state index in [1.807, 2.05) is 13.0 Å². The molecule has 1 N–H and O–H groups in total. The van der Waals surface area contributed by atoms with Crippen LogP contribution in [0.5, 0.6) is 0 Å². The molecule has 19 heavy (non-hydrogen) atoms. The maximum Gasteiger partial charge on any atom is 0.0898 e. The first-order valence-corrected chi connectivity index (χ1v) is 7.45. The van der Waals surface area contributed by atoms with E-state index in [1.54, 1.807) is 0 Å². The van der Waals surface area contributed by atoms with Crippen molar-refractivity contribution in [1.82, 2.24) is 0 Å². The smallest absolute Gasteiger partial charge is 0.0898 e. The van der Waals surface area contributed by atoms with E-state index in [-0.39, 0.29) is 5.60 Å². The molecule has 1 heterocycles. The Morgan fingerprint density at radius 2 is 2.16 bits per heavy atom. The van der Waals surface area contributed by atoms with Crippen molar-refractivity contribution in [3.05, 3.63) is 35.4 Å². The van der Waals surface area contributed by atoms with E-state index in [4.69, 9.17) is 4.74 Å². The van der Waals surface area contributed by atoms with Crippen molar-refractivity contribution >= 4 is 0 Å². The topological polar surface area (TPSA) is 29.5 Å². The molecule has 2 heteroatoms. The van der Waals surface area contributed by atoms with Crippen molar-refractivity contribution in [1.29, 1.82) is 0 Å². The average Bonchev–Trinajstić information content (AvgIpc) is 2.37. The molecule has 2 fully saturated rings. The third-order valence-corrected chi connectivity index (χ3v) is 5.16. The second-order valence-electron chi connectivity index (χ2n) is 6.59. The number of benzene rings is 1. The lowest BCUT2D eigenvalue weighted by molar-refractivity contribution is -0.174. The predicted molar refractivity (Wildman–Crippen MR) is 76.0 cm³/mol. The van der Waals surface area contributed by atoms with Crippen LogP contribution in [0.4, 0.5) is 0 Å². The first-order chi connectivity index (χ1) is 9.02. The number of rotatable bonds is 2. The summed E-state index contributed by atoms with van der Waals surface area (Å²) < 4.78 is 5.98. The molecule has 0 amide bonds. The number of aryl methyl sites for hydroxylation is 1. The van der Waals surface area contributed by atoms with E-state index in [2.05, 4.69) is 25.1 Å². The second-order valence-corrected chi connectivity index (χ2v) is 6.59. The molecule has 3 rings (SSSR count). The van der Waals surface area contributed by atoms with Gasteiger partial charge in [-0.2, -0.15) is 0 Å². The minimum atomic E-state index is -0.738. The number of ether oxygens (including phenoxy) is 1. The van der Waals surface area contributed by atoms with Gasteiger partial charge in [-0.25, -0.2) is 0 Å². The highest BCUT2D eigenvalue weighted by atomic mass is 16.5. The fourth-order valence-electron chi connectivity index (χ4n) is 3.62. The fraction of sp³-hybridized carbons (Fsp3) is 0.647. The Kier molecular flexibility index (Phi) is 3.18. The molecule has 0 aromatic heterocycles. The van der Waals surface area contributed by atoms with Crippen molar-refractivity contribution in [2.45, 2.75) is 57.2 Å². The molecule has 1 saturated carbocycles. The maximum atomic E-state index is 11.0. The normalized spacial score (nSPS) is 28.7. The van der Waals surface area contributed by atoms with Gasteiger partial charge in [0.05, 0.1) is 11.2 Å². The molecule has 2 unspecified atom stereocenters. The van der Waals surface area contributed by atoms with Crippen LogP contribution in [0.3, 0.4) is 0 Å². The monoisotopic (exact) mass is 260 g/mol. The molecule has 0 bridgehead atoms. The van der Waals surface area contributed by atoms with Gasteiger partial charge in [0.15, 0.2) is 0 Å². The van der Waals surface area contributed by atoms with Crippen molar-refractivity contribution in [2.24, 2.45) is 5.92 Å². The van der Waals surface area contributed by atoms with Crippen molar-refractivity contribution in [3.63, 3.8) is 0 Å². The fourth-order valence-corrected chi connectivity index (χ4v) is 3.62. The molecule has 1 aromatic carbocycles. The quantitative estimate of drug-likeness (QED) is 0.881. The second kappa shape index (κ2) is 4.60. The lowest BCUT2D eigenvalue weighted by Crippen LogP contribution is -2.49. The summed E-state index contributed by atoms with van der Waals surface area (Å²) in [6.07, 6.45) is 5.59. The molecule has 1 aliphatic heterocycles. The number of hydrogen-bond acceptors (Lipinski definition) is 2. The predicted octanol–water partition coefficient (Wildman–Crippen LogP) is 3.55. The molecular weight excluding hydrogens is 236 g/mol. The first kappa shape index (κ1) is 13.1. The summed E-state index contributed by atoms with van der Waals surface area (Å²) >= 11 is 0. The maximum absolute atomic E-state index is 11.0. The molecule has 2 aliphatic rings. The Hall–Kier alpha value is -0.860. The minimum Gasteiger partial charge on any atom is -0.385 e.